The van der Waals surface area contributed by atoms with Crippen molar-refractivity contribution < 1.29 is 8.78 Å². The van der Waals surface area contributed by atoms with Gasteiger partial charge in [-0.3, -0.25) is 4.68 Å². The fourth-order valence-corrected chi connectivity index (χ4v) is 4.50. The van der Waals surface area contributed by atoms with E-state index in [1.807, 2.05) is 17.9 Å². The molecule has 2 unspecified atom stereocenters. The Hall–Kier alpha value is -2.63. The molecule has 4 nitrogen and oxygen atoms in total. The minimum atomic E-state index is -0.570. The Bertz CT molecular complexity index is 916. The van der Waals surface area contributed by atoms with E-state index in [9.17, 15) is 8.78 Å². The van der Waals surface area contributed by atoms with E-state index in [2.05, 4.69) is 21.1 Å². The van der Waals surface area contributed by atoms with Gasteiger partial charge in [-0.1, -0.05) is 19.3 Å². The van der Waals surface area contributed by atoms with Crippen LogP contribution in [-0.4, -0.2) is 19.7 Å². The second-order valence-electron chi connectivity index (χ2n) is 7.62. The lowest BCUT2D eigenvalue weighted by atomic mass is 9.81. The van der Waals surface area contributed by atoms with Crippen LogP contribution in [0.4, 0.5) is 8.78 Å². The summed E-state index contributed by atoms with van der Waals surface area (Å²) in [7, 11) is 1.97. The van der Waals surface area contributed by atoms with Gasteiger partial charge in [-0.2, -0.15) is 5.10 Å². The second-order valence-corrected chi connectivity index (χ2v) is 7.62. The monoisotopic (exact) mass is 382 g/mol. The van der Waals surface area contributed by atoms with Crippen molar-refractivity contribution in [3.05, 3.63) is 65.9 Å². The molecular formula is C22H24F2N4. The van der Waals surface area contributed by atoms with Crippen molar-refractivity contribution in [2.45, 2.75) is 44.4 Å². The van der Waals surface area contributed by atoms with E-state index in [0.717, 1.165) is 19.3 Å². The highest BCUT2D eigenvalue weighted by Gasteiger charge is 2.28. The first kappa shape index (κ1) is 18.7. The van der Waals surface area contributed by atoms with Crippen LogP contribution in [0.5, 0.6) is 0 Å². The number of aromatic nitrogens is 4. The zero-order valence-corrected chi connectivity index (χ0v) is 16.0. The van der Waals surface area contributed by atoms with Crippen molar-refractivity contribution in [1.29, 1.82) is 0 Å². The zero-order chi connectivity index (χ0) is 19.5. The number of rotatable bonds is 4. The topological polar surface area (TPSA) is 43.6 Å². The molecule has 4 rings (SSSR count). The van der Waals surface area contributed by atoms with Crippen molar-refractivity contribution in [2.24, 2.45) is 13.0 Å². The molecule has 1 saturated carbocycles. The fourth-order valence-electron chi connectivity index (χ4n) is 4.50. The largest absolute Gasteiger partial charge is 0.272 e. The molecule has 0 saturated heterocycles. The van der Waals surface area contributed by atoms with Gasteiger partial charge in [0.25, 0.3) is 0 Å². The quantitative estimate of drug-likeness (QED) is 0.592. The van der Waals surface area contributed by atoms with Crippen molar-refractivity contribution in [3.63, 3.8) is 0 Å². The maximum Gasteiger partial charge on any atom is 0.135 e. The van der Waals surface area contributed by atoms with Gasteiger partial charge in [0.05, 0.1) is 11.3 Å². The van der Waals surface area contributed by atoms with E-state index in [0.29, 0.717) is 23.8 Å². The molecule has 0 radical (unpaired) electrons. The molecular weight excluding hydrogens is 358 g/mol. The summed E-state index contributed by atoms with van der Waals surface area (Å²) in [6.45, 7) is 0. The Morgan fingerprint density at radius 2 is 1.82 bits per heavy atom. The summed E-state index contributed by atoms with van der Waals surface area (Å²) in [6.07, 6.45) is 11.0. The lowest BCUT2D eigenvalue weighted by molar-refractivity contribution is 0.378. The molecule has 3 aromatic rings. The minimum absolute atomic E-state index is 0.0878. The maximum atomic E-state index is 14.8. The van der Waals surface area contributed by atoms with Crippen molar-refractivity contribution in [2.75, 3.05) is 0 Å². The Labute approximate surface area is 163 Å². The lowest BCUT2D eigenvalue weighted by Crippen LogP contribution is -2.18. The smallest absolute Gasteiger partial charge is 0.135 e. The van der Waals surface area contributed by atoms with Gasteiger partial charge in [-0.15, -0.1) is 0 Å². The molecule has 1 aliphatic carbocycles. The summed E-state index contributed by atoms with van der Waals surface area (Å²) in [6, 6.07) is 6.52. The molecule has 2 atom stereocenters. The van der Waals surface area contributed by atoms with E-state index in [1.54, 1.807) is 0 Å². The predicted molar refractivity (Wildman–Crippen MR) is 104 cm³/mol. The van der Waals surface area contributed by atoms with Gasteiger partial charge in [0, 0.05) is 31.1 Å². The second kappa shape index (κ2) is 8.17. The number of aryl methyl sites for hydroxylation is 1. The highest BCUT2D eigenvalue weighted by molar-refractivity contribution is 5.60. The van der Waals surface area contributed by atoms with Crippen LogP contribution in [0.25, 0.3) is 11.3 Å². The summed E-state index contributed by atoms with van der Waals surface area (Å²) < 4.78 is 31.4. The van der Waals surface area contributed by atoms with Crippen LogP contribution < -0.4 is 0 Å². The van der Waals surface area contributed by atoms with Crippen LogP contribution in [0, 0.1) is 17.6 Å². The van der Waals surface area contributed by atoms with E-state index in [-0.39, 0.29) is 11.3 Å². The van der Waals surface area contributed by atoms with Gasteiger partial charge < -0.3 is 0 Å². The molecule has 0 N–H and O–H groups in total. The molecule has 28 heavy (non-hydrogen) atoms. The highest BCUT2D eigenvalue weighted by atomic mass is 19.1. The maximum absolute atomic E-state index is 14.8. The highest BCUT2D eigenvalue weighted by Crippen LogP contribution is 2.39. The van der Waals surface area contributed by atoms with Crippen LogP contribution in [0.3, 0.4) is 0 Å². The third kappa shape index (κ3) is 3.81. The predicted octanol–water partition coefficient (Wildman–Crippen LogP) is 5.06. The summed E-state index contributed by atoms with van der Waals surface area (Å²) in [5.41, 5.74) is 2.09. The average Bonchev–Trinajstić information content (AvgIpc) is 2.97. The number of hydrogen-bond acceptors (Lipinski definition) is 3. The van der Waals surface area contributed by atoms with Crippen molar-refractivity contribution >= 4 is 0 Å². The molecule has 6 heteroatoms. The number of nitrogens with zero attached hydrogens (tertiary/aromatic N) is 4. The van der Waals surface area contributed by atoms with Gasteiger partial charge >= 0.3 is 0 Å². The van der Waals surface area contributed by atoms with E-state index < -0.39 is 11.6 Å². The fraction of sp³-hybridized carbons (Fsp3) is 0.409. The third-order valence-corrected chi connectivity index (χ3v) is 5.84. The summed E-state index contributed by atoms with van der Waals surface area (Å²) in [5, 5.41) is 4.32. The van der Waals surface area contributed by atoms with Crippen LogP contribution >= 0.6 is 0 Å². The molecule has 1 aliphatic rings. The average molecular weight is 382 g/mol. The molecule has 1 fully saturated rings. The van der Waals surface area contributed by atoms with E-state index >= 15 is 0 Å². The Morgan fingerprint density at radius 3 is 2.50 bits per heavy atom. The Morgan fingerprint density at radius 1 is 1.04 bits per heavy atom. The normalized spacial score (nSPS) is 20.1. The van der Waals surface area contributed by atoms with Gasteiger partial charge in [0.15, 0.2) is 0 Å². The van der Waals surface area contributed by atoms with Crippen molar-refractivity contribution in [1.82, 2.24) is 19.7 Å². The summed E-state index contributed by atoms with van der Waals surface area (Å²) in [4.78, 5) is 7.79. The van der Waals surface area contributed by atoms with Crippen LogP contribution in [-0.2, 0) is 13.5 Å². The minimum Gasteiger partial charge on any atom is -0.272 e. The Balaban J connectivity index is 1.63. The zero-order valence-electron chi connectivity index (χ0n) is 16.0. The molecule has 2 heterocycles. The molecule has 0 amide bonds. The first-order valence-corrected chi connectivity index (χ1v) is 9.85. The molecule has 146 valence electrons. The van der Waals surface area contributed by atoms with E-state index in [1.165, 1.54) is 49.3 Å². The van der Waals surface area contributed by atoms with Crippen LogP contribution in [0.2, 0.25) is 0 Å². The number of halogens is 2. The Kier molecular flexibility index (Phi) is 5.46. The summed E-state index contributed by atoms with van der Waals surface area (Å²) >= 11 is 0. The molecule has 0 bridgehead atoms. The van der Waals surface area contributed by atoms with E-state index in [4.69, 9.17) is 0 Å². The summed E-state index contributed by atoms with van der Waals surface area (Å²) in [5.74, 6) is -0.428. The standard InChI is InChI=1S/C22H24F2N4/c1-28-21(8-10-27-28)17-6-4-2-3-5-16(17)11-15-12-18(23)22(19(24)13-15)20-7-9-25-14-26-20/h7-10,12-14,16-17H,2-6,11H2,1H3. The van der Waals surface area contributed by atoms with Gasteiger partial charge in [0.1, 0.15) is 18.0 Å². The van der Waals surface area contributed by atoms with Crippen LogP contribution in [0.1, 0.15) is 49.3 Å². The molecule has 2 aromatic heterocycles. The number of benzene rings is 1. The van der Waals surface area contributed by atoms with Gasteiger partial charge in [-0.25, -0.2) is 18.7 Å². The molecule has 1 aromatic carbocycles. The van der Waals surface area contributed by atoms with Crippen molar-refractivity contribution in [3.8, 4) is 11.3 Å². The molecule has 0 spiro atoms. The third-order valence-electron chi connectivity index (χ3n) is 5.84. The first-order chi connectivity index (χ1) is 13.6. The van der Waals surface area contributed by atoms with Crippen LogP contribution in [0.15, 0.2) is 43.0 Å². The first-order valence-electron chi connectivity index (χ1n) is 9.85. The molecule has 0 aliphatic heterocycles. The van der Waals surface area contributed by atoms with Gasteiger partial charge in [-0.05, 0) is 55.0 Å². The van der Waals surface area contributed by atoms with Gasteiger partial charge in [0.2, 0.25) is 0 Å². The lowest BCUT2D eigenvalue weighted by Gasteiger charge is -2.25. The SMILES string of the molecule is Cn1nccc1C1CCCCCC1Cc1cc(F)c(-c2ccncn2)c(F)c1. The number of hydrogen-bond donors (Lipinski definition) is 0.